The van der Waals surface area contributed by atoms with Gasteiger partial charge in [0.1, 0.15) is 195 Å². The van der Waals surface area contributed by atoms with Crippen molar-refractivity contribution in [2.45, 2.75) is 246 Å². The molecule has 0 saturated carbocycles. The van der Waals surface area contributed by atoms with Crippen molar-refractivity contribution in [1.82, 2.24) is 0 Å². The highest BCUT2D eigenvalue weighted by Crippen LogP contribution is 2.40. The van der Waals surface area contributed by atoms with Gasteiger partial charge in [-0.1, -0.05) is 0 Å². The van der Waals surface area contributed by atoms with Gasteiger partial charge in [0.15, 0.2) is 50.3 Å². The Kier molecular flexibility index (Phi) is 24.1. The molecular formula is C48H80O40. The van der Waals surface area contributed by atoms with Crippen LogP contribution in [-0.2, 0) is 75.8 Å². The van der Waals surface area contributed by atoms with Crippen molar-refractivity contribution in [3.05, 3.63) is 0 Å². The molecule has 0 aromatic heterocycles. The summed E-state index contributed by atoms with van der Waals surface area (Å²) in [5.41, 5.74) is 0. The van der Waals surface area contributed by atoms with E-state index in [1.165, 1.54) is 0 Å². The molecule has 30 rings (SSSR count). The molecule has 40 heteroatoms. The molecule has 30 heterocycles. The first-order chi connectivity index (χ1) is 41.9. The summed E-state index contributed by atoms with van der Waals surface area (Å²) >= 11 is 0. The molecule has 0 aliphatic carbocycles. The van der Waals surface area contributed by atoms with Crippen LogP contribution in [0.2, 0.25) is 0 Å². The van der Waals surface area contributed by atoms with E-state index in [2.05, 4.69) is 0 Å². The SMILES string of the molecule is OC[C@H]1OC2O[C@H]3C(O)C(O)C(O[C@@H]3CO)O[C@H]3C(O)[C@@H](O)C(O[C@H]4[C@H](O)[C@@H](O)C(O[C@@H]4CO)O[C@H]4C(O)[C@@H](O)C(O[C@@H]4CO)O[C@H]4C(O)C(O)C(O[C@@H]4CO)O[C@H]4C(O)[C@@H](O)C(O[C@H]5[C@H](O)C(O)C(O[C@H]1[C@H](O)[C@H]2O)O[C@@H]5CO)O[C@@H]4CO)O[C@@H]3CO. The first kappa shape index (κ1) is 70.7. The van der Waals surface area contributed by atoms with Crippen LogP contribution in [0.5, 0.6) is 0 Å². The van der Waals surface area contributed by atoms with Crippen LogP contribution in [0.1, 0.15) is 0 Å². The number of aliphatic hydroxyl groups is 24. The van der Waals surface area contributed by atoms with Crippen LogP contribution >= 0.6 is 0 Å². The molecule has 30 saturated heterocycles. The predicted octanol–water partition coefficient (Wildman–Crippen LogP) is -17.4. The Morgan fingerprint density at radius 2 is 0.227 bits per heavy atom. The van der Waals surface area contributed by atoms with Crippen LogP contribution in [-0.4, -0.2) is 421 Å². The van der Waals surface area contributed by atoms with Crippen molar-refractivity contribution < 1.29 is 198 Å². The lowest BCUT2D eigenvalue weighted by molar-refractivity contribution is -0.404. The van der Waals surface area contributed by atoms with Gasteiger partial charge in [0.05, 0.1) is 52.9 Å². The van der Waals surface area contributed by atoms with Gasteiger partial charge in [-0.25, -0.2) is 0 Å². The molecule has 30 aliphatic rings. The molecule has 0 aromatic rings. The maximum absolute atomic E-state index is 11.4. The Labute approximate surface area is 496 Å². The minimum atomic E-state index is -2.25. The highest BCUT2D eigenvalue weighted by molar-refractivity contribution is 5.02. The fourth-order valence-electron chi connectivity index (χ4n) is 11.9. The lowest BCUT2D eigenvalue weighted by Gasteiger charge is -2.50. The summed E-state index contributed by atoms with van der Waals surface area (Å²) in [6.07, 6.45) is -82.0. The van der Waals surface area contributed by atoms with Crippen molar-refractivity contribution in [1.29, 1.82) is 0 Å². The van der Waals surface area contributed by atoms with E-state index in [4.69, 9.17) is 75.8 Å². The van der Waals surface area contributed by atoms with E-state index in [0.717, 1.165) is 0 Å². The molecule has 0 radical (unpaired) electrons. The van der Waals surface area contributed by atoms with Crippen LogP contribution in [0.15, 0.2) is 0 Å². The van der Waals surface area contributed by atoms with E-state index in [1.807, 2.05) is 0 Å². The minimum absolute atomic E-state index is 1.08. The summed E-state index contributed by atoms with van der Waals surface area (Å²) in [4.78, 5) is 0. The minimum Gasteiger partial charge on any atom is -0.394 e. The van der Waals surface area contributed by atoms with Gasteiger partial charge in [-0.15, -0.1) is 0 Å². The first-order valence-corrected chi connectivity index (χ1v) is 28.1. The second kappa shape index (κ2) is 30.0. The molecular weight excluding hydrogens is 1220 g/mol. The van der Waals surface area contributed by atoms with Gasteiger partial charge in [-0.2, -0.15) is 0 Å². The molecule has 0 aromatic carbocycles. The number of rotatable bonds is 8. The first-order valence-electron chi connectivity index (χ1n) is 28.1. The van der Waals surface area contributed by atoms with Crippen molar-refractivity contribution in [3.63, 3.8) is 0 Å². The molecule has 24 N–H and O–H groups in total. The second-order valence-corrected chi connectivity index (χ2v) is 22.5. The Balaban J connectivity index is 0.975. The Morgan fingerprint density at radius 3 is 0.307 bits per heavy atom. The predicted molar refractivity (Wildman–Crippen MR) is 261 cm³/mol. The third kappa shape index (κ3) is 13.8. The lowest BCUT2D eigenvalue weighted by atomic mass is 9.94. The highest BCUT2D eigenvalue weighted by Gasteiger charge is 2.60. The van der Waals surface area contributed by atoms with E-state index < -0.39 is 299 Å². The van der Waals surface area contributed by atoms with Crippen molar-refractivity contribution in [2.24, 2.45) is 0 Å². The Morgan fingerprint density at radius 1 is 0.136 bits per heavy atom. The van der Waals surface area contributed by atoms with Gasteiger partial charge < -0.3 is 198 Å². The second-order valence-electron chi connectivity index (χ2n) is 22.5. The fraction of sp³-hybridized carbons (Fsp3) is 1.00. The number of hydrogen-bond acceptors (Lipinski definition) is 40. The average Bonchev–Trinajstić information content (AvgIpc) is 2.46. The summed E-state index contributed by atoms with van der Waals surface area (Å²) in [5.74, 6) is 0. The number of ether oxygens (including phenoxy) is 16. The smallest absolute Gasteiger partial charge is 0.187 e. The average molecular weight is 1300 g/mol. The molecule has 30 fully saturated rings. The summed E-state index contributed by atoms with van der Waals surface area (Å²) < 4.78 is 91.1. The van der Waals surface area contributed by atoms with E-state index in [9.17, 15) is 123 Å². The van der Waals surface area contributed by atoms with Gasteiger partial charge in [0.25, 0.3) is 0 Å². The molecule has 30 aliphatic heterocycles. The van der Waals surface area contributed by atoms with E-state index in [1.54, 1.807) is 0 Å². The molecule has 40 nitrogen and oxygen atoms in total. The fourth-order valence-corrected chi connectivity index (χ4v) is 11.9. The zero-order valence-electron chi connectivity index (χ0n) is 46.0. The third-order valence-electron chi connectivity index (χ3n) is 16.9. The van der Waals surface area contributed by atoms with Gasteiger partial charge in [0.2, 0.25) is 0 Å². The highest BCUT2D eigenvalue weighted by atomic mass is 16.8. The van der Waals surface area contributed by atoms with Crippen LogP contribution in [0.25, 0.3) is 0 Å². The zero-order valence-corrected chi connectivity index (χ0v) is 46.0. The zero-order chi connectivity index (χ0) is 64.1. The van der Waals surface area contributed by atoms with Crippen LogP contribution < -0.4 is 0 Å². The Bertz CT molecular complexity index is 1700. The van der Waals surface area contributed by atoms with E-state index in [-0.39, 0.29) is 0 Å². The van der Waals surface area contributed by atoms with Gasteiger partial charge in [-0.05, 0) is 0 Å². The molecule has 16 bridgehead atoms. The van der Waals surface area contributed by atoms with Gasteiger partial charge >= 0.3 is 0 Å². The quantitative estimate of drug-likeness (QED) is 0.107. The number of aliphatic hydroxyl groups excluding tert-OH is 24. The molecule has 0 spiro atoms. The van der Waals surface area contributed by atoms with Gasteiger partial charge in [-0.3, -0.25) is 0 Å². The van der Waals surface area contributed by atoms with E-state index >= 15 is 0 Å². The van der Waals surface area contributed by atoms with Crippen LogP contribution in [0, 0.1) is 0 Å². The lowest BCUT2D eigenvalue weighted by Crippen LogP contribution is -2.69. The van der Waals surface area contributed by atoms with Crippen LogP contribution in [0.4, 0.5) is 0 Å². The molecule has 0 amide bonds. The topological polar surface area (TPSA) is 633 Å². The monoisotopic (exact) mass is 1300 g/mol. The van der Waals surface area contributed by atoms with Crippen molar-refractivity contribution >= 4 is 0 Å². The molecule has 512 valence electrons. The summed E-state index contributed by atoms with van der Waals surface area (Å²) in [6.45, 7) is -8.64. The van der Waals surface area contributed by atoms with E-state index in [0.29, 0.717) is 0 Å². The summed E-state index contributed by atoms with van der Waals surface area (Å²) in [7, 11) is 0. The molecule has 88 heavy (non-hydrogen) atoms. The standard InChI is InChI=1S/C48H80O40/c49-1-9-33-17(57)25(65)41(73-9)82-34-10(2-50)75-43(27(67)19(34)59)84-36-12(4-52)77-45(29(69)21(36)61)86-38-14(6-54)79-47(31(71)23(38)63)88-40-16(8-56)80-48(32(72)24(40)64)87-39-15(7-55)78-46(30(70)22(39)62)85-37-13(5-53)76-44(28(68)20(37)60)83-35-11(3-51)74-42(81-33)26(66)18(35)58/h9-72H,1-8H2/t9-,10-,11-,12-,13-,14-,15-,16-,17-,18-,19?,20?,21?,22?,23-,24?,25-,26?,27?,28-,29-,30?,31-,32-,33-,34-,35-,36-,37-,38-,39-,40-,41?,42?,43?,44?,45?,46?,47?,48?/m1/s1. The summed E-state index contributed by atoms with van der Waals surface area (Å²) in [5, 5.41) is 265. The largest absolute Gasteiger partial charge is 0.394 e. The number of hydrogen-bond donors (Lipinski definition) is 24. The van der Waals surface area contributed by atoms with Crippen molar-refractivity contribution in [3.8, 4) is 0 Å². The molecule has 16 unspecified atom stereocenters. The van der Waals surface area contributed by atoms with Crippen LogP contribution in [0.3, 0.4) is 0 Å². The Hall–Kier alpha value is -1.60. The maximum atomic E-state index is 11.4. The summed E-state index contributed by atoms with van der Waals surface area (Å²) in [6, 6.07) is 0. The third-order valence-corrected chi connectivity index (χ3v) is 16.9. The maximum Gasteiger partial charge on any atom is 0.187 e. The van der Waals surface area contributed by atoms with Gasteiger partial charge in [0, 0.05) is 0 Å². The molecule has 40 atom stereocenters. The normalized spacial score (nSPS) is 55.4. The van der Waals surface area contributed by atoms with Crippen molar-refractivity contribution in [2.75, 3.05) is 52.9 Å².